The van der Waals surface area contributed by atoms with Gasteiger partial charge in [0.2, 0.25) is 0 Å². The molecule has 3 nitrogen and oxygen atoms in total. The first-order valence-corrected chi connectivity index (χ1v) is 6.04. The number of nitrogens with zero attached hydrogens (tertiary/aromatic N) is 1. The smallest absolute Gasteiger partial charge is 0.274 e. The molecule has 0 fully saturated rings. The van der Waals surface area contributed by atoms with Crippen molar-refractivity contribution >= 4 is 27.5 Å². The van der Waals surface area contributed by atoms with Gasteiger partial charge in [0.25, 0.3) is 5.91 Å². The molecule has 2 rings (SSSR count). The van der Waals surface area contributed by atoms with Crippen molar-refractivity contribution in [1.82, 2.24) is 4.98 Å². The van der Waals surface area contributed by atoms with Gasteiger partial charge in [-0.1, -0.05) is 22.0 Å². The fourth-order valence-electron chi connectivity index (χ4n) is 1.43. The number of amides is 1. The summed E-state index contributed by atoms with van der Waals surface area (Å²) in [6, 6.07) is 8.13. The Hall–Kier alpha value is -1.75. The summed E-state index contributed by atoms with van der Waals surface area (Å²) in [5, 5.41) is 2.73. The van der Waals surface area contributed by atoms with Crippen LogP contribution >= 0.6 is 15.9 Å². The third-order valence-electron chi connectivity index (χ3n) is 2.41. The zero-order valence-electron chi connectivity index (χ0n) is 9.58. The van der Waals surface area contributed by atoms with Crippen LogP contribution in [-0.4, -0.2) is 10.9 Å². The lowest BCUT2D eigenvalue weighted by atomic mass is 10.2. The molecule has 0 unspecified atom stereocenters. The van der Waals surface area contributed by atoms with Gasteiger partial charge in [0.15, 0.2) is 0 Å². The summed E-state index contributed by atoms with van der Waals surface area (Å²) in [7, 11) is 0. The Morgan fingerprint density at radius 3 is 2.78 bits per heavy atom. The van der Waals surface area contributed by atoms with Gasteiger partial charge < -0.3 is 5.32 Å². The first-order valence-electron chi connectivity index (χ1n) is 5.25. The second-order valence-corrected chi connectivity index (χ2v) is 4.69. The Morgan fingerprint density at radius 2 is 2.11 bits per heavy atom. The largest absolute Gasteiger partial charge is 0.320 e. The summed E-state index contributed by atoms with van der Waals surface area (Å²) in [6.07, 6.45) is 1.02. The van der Waals surface area contributed by atoms with Crippen LogP contribution in [0.3, 0.4) is 0 Å². The highest BCUT2D eigenvalue weighted by atomic mass is 79.9. The number of hydrogen-bond donors (Lipinski definition) is 1. The normalized spacial score (nSPS) is 10.2. The van der Waals surface area contributed by atoms with E-state index in [0.717, 1.165) is 16.2 Å². The van der Waals surface area contributed by atoms with Crippen LogP contribution in [0.25, 0.3) is 0 Å². The summed E-state index contributed by atoms with van der Waals surface area (Å²) in [5.41, 5.74) is 1.81. The van der Waals surface area contributed by atoms with Crippen LogP contribution in [0.15, 0.2) is 41.0 Å². The number of pyridine rings is 1. The molecule has 0 bridgehead atoms. The molecule has 2 aromatic rings. The van der Waals surface area contributed by atoms with Gasteiger partial charge >= 0.3 is 0 Å². The molecule has 1 heterocycles. The van der Waals surface area contributed by atoms with Crippen molar-refractivity contribution in [2.75, 3.05) is 5.32 Å². The Morgan fingerprint density at radius 1 is 1.33 bits per heavy atom. The number of carbonyl (C=O) groups excluding carboxylic acids is 1. The van der Waals surface area contributed by atoms with E-state index in [-0.39, 0.29) is 11.6 Å². The molecule has 0 aliphatic heterocycles. The van der Waals surface area contributed by atoms with E-state index in [1.54, 1.807) is 6.07 Å². The van der Waals surface area contributed by atoms with Gasteiger partial charge in [-0.3, -0.25) is 4.79 Å². The molecule has 0 aliphatic rings. The Balaban J connectivity index is 2.21. The van der Waals surface area contributed by atoms with Crippen LogP contribution in [0.5, 0.6) is 0 Å². The number of nitrogens with one attached hydrogen (secondary N) is 1. The molecule has 0 radical (unpaired) electrons. The van der Waals surface area contributed by atoms with Crippen molar-refractivity contribution in [2.45, 2.75) is 6.92 Å². The van der Waals surface area contributed by atoms with Crippen LogP contribution < -0.4 is 5.32 Å². The van der Waals surface area contributed by atoms with Crippen LogP contribution in [0, 0.1) is 12.7 Å². The van der Waals surface area contributed by atoms with E-state index in [2.05, 4.69) is 26.2 Å². The lowest BCUT2D eigenvalue weighted by Gasteiger charge is -2.08. The molecule has 92 valence electrons. The lowest BCUT2D eigenvalue weighted by molar-refractivity contribution is 0.102. The maximum absolute atomic E-state index is 12.7. The number of hydrogen-bond acceptors (Lipinski definition) is 2. The maximum Gasteiger partial charge on any atom is 0.274 e. The summed E-state index contributed by atoms with van der Waals surface area (Å²) < 4.78 is 13.6. The van der Waals surface area contributed by atoms with Crippen molar-refractivity contribution in [3.05, 3.63) is 58.1 Å². The zero-order chi connectivity index (χ0) is 13.1. The number of anilines is 1. The molecule has 0 saturated heterocycles. The number of halogens is 2. The van der Waals surface area contributed by atoms with Gasteiger partial charge in [-0.25, -0.2) is 9.37 Å². The van der Waals surface area contributed by atoms with Crippen molar-refractivity contribution in [1.29, 1.82) is 0 Å². The number of aryl methyl sites for hydroxylation is 1. The first kappa shape index (κ1) is 12.7. The fourth-order valence-corrected chi connectivity index (χ4v) is 1.79. The molecule has 1 N–H and O–H groups in total. The van der Waals surface area contributed by atoms with E-state index in [0.29, 0.717) is 5.69 Å². The van der Waals surface area contributed by atoms with Gasteiger partial charge in [-0.15, -0.1) is 0 Å². The van der Waals surface area contributed by atoms with E-state index in [9.17, 15) is 9.18 Å². The van der Waals surface area contributed by atoms with Gasteiger partial charge in [-0.2, -0.15) is 0 Å². The average Bonchev–Trinajstić information content (AvgIpc) is 2.34. The van der Waals surface area contributed by atoms with Crippen molar-refractivity contribution < 1.29 is 9.18 Å². The molecular formula is C13H10BrFN2O. The number of carbonyl (C=O) groups is 1. The minimum atomic E-state index is -0.467. The van der Waals surface area contributed by atoms with E-state index >= 15 is 0 Å². The molecule has 5 heteroatoms. The van der Waals surface area contributed by atoms with Crippen LogP contribution in [-0.2, 0) is 0 Å². The highest BCUT2D eigenvalue weighted by Crippen LogP contribution is 2.21. The topological polar surface area (TPSA) is 42.0 Å². The predicted octanol–water partition coefficient (Wildman–Crippen LogP) is 3.54. The van der Waals surface area contributed by atoms with Gasteiger partial charge in [-0.05, 0) is 36.8 Å². The zero-order valence-corrected chi connectivity index (χ0v) is 11.2. The highest BCUT2D eigenvalue weighted by molar-refractivity contribution is 9.10. The number of benzene rings is 1. The first-order chi connectivity index (χ1) is 8.56. The molecular weight excluding hydrogens is 299 g/mol. The predicted molar refractivity (Wildman–Crippen MR) is 71.0 cm³/mol. The van der Waals surface area contributed by atoms with E-state index in [1.807, 2.05) is 19.1 Å². The van der Waals surface area contributed by atoms with Gasteiger partial charge in [0.05, 0.1) is 6.20 Å². The number of aromatic nitrogens is 1. The van der Waals surface area contributed by atoms with Crippen molar-refractivity contribution in [3.63, 3.8) is 0 Å². The molecule has 0 aliphatic carbocycles. The number of rotatable bonds is 2. The van der Waals surface area contributed by atoms with E-state index in [4.69, 9.17) is 0 Å². The molecule has 18 heavy (non-hydrogen) atoms. The summed E-state index contributed by atoms with van der Waals surface area (Å²) in [4.78, 5) is 15.6. The third-order valence-corrected chi connectivity index (χ3v) is 2.90. The molecule has 0 atom stereocenters. The van der Waals surface area contributed by atoms with E-state index < -0.39 is 5.82 Å². The van der Waals surface area contributed by atoms with Crippen LogP contribution in [0.1, 0.15) is 16.1 Å². The quantitative estimate of drug-likeness (QED) is 0.922. The van der Waals surface area contributed by atoms with Gasteiger partial charge in [0.1, 0.15) is 11.5 Å². The van der Waals surface area contributed by atoms with Crippen molar-refractivity contribution in [3.8, 4) is 0 Å². The second-order valence-electron chi connectivity index (χ2n) is 3.78. The van der Waals surface area contributed by atoms with Gasteiger partial charge in [0, 0.05) is 10.2 Å². The lowest BCUT2D eigenvalue weighted by Crippen LogP contribution is -2.14. The SMILES string of the molecule is Cc1ccc(Br)cc1NC(=O)c1ccc(F)cn1. The third kappa shape index (κ3) is 2.92. The second kappa shape index (κ2) is 5.27. The highest BCUT2D eigenvalue weighted by Gasteiger charge is 2.09. The molecule has 1 aromatic heterocycles. The Kier molecular flexibility index (Phi) is 3.72. The van der Waals surface area contributed by atoms with Crippen LogP contribution in [0.2, 0.25) is 0 Å². The molecule has 0 spiro atoms. The molecule has 0 saturated carbocycles. The standard InChI is InChI=1S/C13H10BrFN2O/c1-8-2-3-9(14)6-12(8)17-13(18)11-5-4-10(15)7-16-11/h2-7H,1H3,(H,17,18). The average molecular weight is 309 g/mol. The van der Waals surface area contributed by atoms with E-state index in [1.165, 1.54) is 12.1 Å². The Bertz CT molecular complexity index is 584. The summed E-state index contributed by atoms with van der Waals surface area (Å²) in [5.74, 6) is -0.832. The Labute approximate surface area is 112 Å². The fraction of sp³-hybridized carbons (Fsp3) is 0.0769. The molecule has 1 aromatic carbocycles. The minimum absolute atomic E-state index is 0.177. The molecule has 1 amide bonds. The maximum atomic E-state index is 12.7. The summed E-state index contributed by atoms with van der Waals surface area (Å²) >= 11 is 3.34. The van der Waals surface area contributed by atoms with Crippen molar-refractivity contribution in [2.24, 2.45) is 0 Å². The minimum Gasteiger partial charge on any atom is -0.320 e. The van der Waals surface area contributed by atoms with Crippen LogP contribution in [0.4, 0.5) is 10.1 Å². The monoisotopic (exact) mass is 308 g/mol. The summed E-state index contributed by atoms with van der Waals surface area (Å²) in [6.45, 7) is 1.89.